The lowest BCUT2D eigenvalue weighted by molar-refractivity contribution is 0.874. The normalized spacial score (nSPS) is 10.3. The highest BCUT2D eigenvalue weighted by molar-refractivity contribution is 5.65. The molecule has 0 fully saturated rings. The molecule has 0 bridgehead atoms. The van der Waals surface area contributed by atoms with Crippen LogP contribution < -0.4 is 16.8 Å². The van der Waals surface area contributed by atoms with Gasteiger partial charge in [-0.15, -0.1) is 5.10 Å². The molecule has 0 unspecified atom stereocenters. The summed E-state index contributed by atoms with van der Waals surface area (Å²) in [5, 5.41) is 7.56. The third-order valence-corrected chi connectivity index (χ3v) is 3.27. The van der Waals surface area contributed by atoms with E-state index in [-0.39, 0.29) is 5.95 Å². The highest BCUT2D eigenvalue weighted by atomic mass is 15.3. The second kappa shape index (κ2) is 8.88. The van der Waals surface area contributed by atoms with Crippen molar-refractivity contribution in [3.63, 3.8) is 0 Å². The summed E-state index contributed by atoms with van der Waals surface area (Å²) in [5.74, 6) is 0.280. The maximum atomic E-state index is 5.67. The number of nitrogens with zero attached hydrogens (tertiary/aromatic N) is 3. The van der Waals surface area contributed by atoms with Crippen molar-refractivity contribution < 1.29 is 0 Å². The molecule has 0 saturated heterocycles. The molecule has 6 heteroatoms. The zero-order chi connectivity index (χ0) is 17.4. The van der Waals surface area contributed by atoms with E-state index < -0.39 is 0 Å². The first-order valence-corrected chi connectivity index (χ1v) is 8.35. The Morgan fingerprint density at radius 1 is 1.08 bits per heavy atom. The Balaban J connectivity index is 0.000000647. The third kappa shape index (κ3) is 4.45. The molecule has 0 aliphatic carbocycles. The predicted octanol–water partition coefficient (Wildman–Crippen LogP) is 3.16. The lowest BCUT2D eigenvalue weighted by Crippen LogP contribution is -2.08. The van der Waals surface area contributed by atoms with E-state index in [0.29, 0.717) is 6.54 Å². The van der Waals surface area contributed by atoms with E-state index in [2.05, 4.69) is 41.4 Å². The van der Waals surface area contributed by atoms with Crippen molar-refractivity contribution in [2.24, 2.45) is 5.73 Å². The van der Waals surface area contributed by atoms with Gasteiger partial charge < -0.3 is 16.8 Å². The Hall–Kier alpha value is -2.60. The van der Waals surface area contributed by atoms with E-state index in [1.165, 1.54) is 6.42 Å². The molecule has 1 aromatic carbocycles. The number of nitrogens with two attached hydrogens (primary N) is 2. The topological polar surface area (TPSA) is 94.3 Å². The van der Waals surface area contributed by atoms with Gasteiger partial charge in [-0.05, 0) is 37.2 Å². The minimum Gasteiger partial charge on any atom is -0.385 e. The van der Waals surface area contributed by atoms with Crippen molar-refractivity contribution >= 4 is 17.3 Å². The number of aromatic nitrogens is 3. The number of pyridine rings is 1. The van der Waals surface area contributed by atoms with Crippen LogP contribution >= 0.6 is 0 Å². The Morgan fingerprint density at radius 2 is 1.79 bits per heavy atom. The van der Waals surface area contributed by atoms with Crippen LogP contribution in [0.3, 0.4) is 0 Å². The standard InChI is InChI=1S/C15H18N6.C3H8/c16-9-2-10-18-12-7-5-11(6-8-12)13-3-1-4-14-19-15(17)20-21(13)14;1-3-2/h1,3-8,18H,2,9-10,16H2,(H2,17,20);3H2,1-2H3. The number of hydrogen-bond acceptors (Lipinski definition) is 5. The monoisotopic (exact) mass is 326 g/mol. The first-order valence-electron chi connectivity index (χ1n) is 8.35. The summed E-state index contributed by atoms with van der Waals surface area (Å²) in [6.45, 7) is 5.83. The number of nitrogens with one attached hydrogen (secondary N) is 1. The molecule has 0 spiro atoms. The zero-order valence-electron chi connectivity index (χ0n) is 14.4. The molecule has 5 N–H and O–H groups in total. The maximum absolute atomic E-state index is 5.67. The fraction of sp³-hybridized carbons (Fsp3) is 0.333. The molecule has 3 aromatic rings. The van der Waals surface area contributed by atoms with E-state index in [4.69, 9.17) is 11.5 Å². The fourth-order valence-corrected chi connectivity index (χ4v) is 2.23. The van der Waals surface area contributed by atoms with Gasteiger partial charge in [0.05, 0.1) is 5.69 Å². The Kier molecular flexibility index (Phi) is 6.57. The van der Waals surface area contributed by atoms with Crippen molar-refractivity contribution in [1.29, 1.82) is 0 Å². The number of nitrogen functional groups attached to an aromatic ring is 1. The van der Waals surface area contributed by atoms with Crippen molar-refractivity contribution in [3.05, 3.63) is 42.5 Å². The zero-order valence-corrected chi connectivity index (χ0v) is 14.4. The quantitative estimate of drug-likeness (QED) is 0.626. The van der Waals surface area contributed by atoms with Crippen molar-refractivity contribution in [2.45, 2.75) is 26.7 Å². The summed E-state index contributed by atoms with van der Waals surface area (Å²) < 4.78 is 1.76. The fourth-order valence-electron chi connectivity index (χ4n) is 2.23. The average Bonchev–Trinajstić information content (AvgIpc) is 2.97. The minimum absolute atomic E-state index is 0.280. The molecule has 3 rings (SSSR count). The van der Waals surface area contributed by atoms with Crippen LogP contribution in [0.15, 0.2) is 42.5 Å². The van der Waals surface area contributed by atoms with Crippen LogP contribution in [0, 0.1) is 0 Å². The van der Waals surface area contributed by atoms with Crippen molar-refractivity contribution in [2.75, 3.05) is 24.1 Å². The smallest absolute Gasteiger partial charge is 0.240 e. The molecule has 0 saturated carbocycles. The van der Waals surface area contributed by atoms with Crippen LogP contribution in [0.2, 0.25) is 0 Å². The molecular formula is C18H26N6. The molecule has 2 aromatic heterocycles. The van der Waals surface area contributed by atoms with Crippen LogP contribution in [0.1, 0.15) is 26.7 Å². The summed E-state index contributed by atoms with van der Waals surface area (Å²) in [6, 6.07) is 14.0. The Labute approximate surface area is 142 Å². The number of rotatable bonds is 5. The van der Waals surface area contributed by atoms with Gasteiger partial charge in [0, 0.05) is 17.8 Å². The van der Waals surface area contributed by atoms with E-state index in [0.717, 1.165) is 35.6 Å². The second-order valence-electron chi connectivity index (χ2n) is 5.50. The van der Waals surface area contributed by atoms with Crippen molar-refractivity contribution in [1.82, 2.24) is 14.6 Å². The van der Waals surface area contributed by atoms with Gasteiger partial charge >= 0.3 is 0 Å². The second-order valence-corrected chi connectivity index (χ2v) is 5.50. The van der Waals surface area contributed by atoms with Gasteiger partial charge in [-0.2, -0.15) is 4.98 Å². The first kappa shape index (κ1) is 17.7. The SMILES string of the molecule is CCC.NCCCNc1ccc(-c2cccc3nc(N)nn23)cc1. The molecule has 0 aliphatic heterocycles. The van der Waals surface area contributed by atoms with Gasteiger partial charge in [-0.1, -0.05) is 38.5 Å². The summed E-state index contributed by atoms with van der Waals surface area (Å²) in [4.78, 5) is 4.17. The summed E-state index contributed by atoms with van der Waals surface area (Å²) in [5.41, 5.74) is 15.0. The Morgan fingerprint density at radius 3 is 2.46 bits per heavy atom. The van der Waals surface area contributed by atoms with Crippen LogP contribution in [0.4, 0.5) is 11.6 Å². The first-order chi connectivity index (χ1) is 11.7. The van der Waals surface area contributed by atoms with Gasteiger partial charge in [0.1, 0.15) is 0 Å². The summed E-state index contributed by atoms with van der Waals surface area (Å²) in [6.07, 6.45) is 2.21. The molecule has 0 radical (unpaired) electrons. The predicted molar refractivity (Wildman–Crippen MR) is 101 cm³/mol. The van der Waals surface area contributed by atoms with Crippen LogP contribution in [-0.4, -0.2) is 27.7 Å². The van der Waals surface area contributed by atoms with E-state index in [1.54, 1.807) is 4.52 Å². The van der Waals surface area contributed by atoms with E-state index in [9.17, 15) is 0 Å². The molecule has 6 nitrogen and oxygen atoms in total. The number of hydrogen-bond donors (Lipinski definition) is 3. The van der Waals surface area contributed by atoms with E-state index >= 15 is 0 Å². The molecule has 0 amide bonds. The van der Waals surface area contributed by atoms with E-state index in [1.807, 2.05) is 30.3 Å². The summed E-state index contributed by atoms with van der Waals surface area (Å²) >= 11 is 0. The summed E-state index contributed by atoms with van der Waals surface area (Å²) in [7, 11) is 0. The molecular weight excluding hydrogens is 300 g/mol. The van der Waals surface area contributed by atoms with Gasteiger partial charge in [0.15, 0.2) is 5.65 Å². The number of anilines is 2. The van der Waals surface area contributed by atoms with Crippen LogP contribution in [-0.2, 0) is 0 Å². The van der Waals surface area contributed by atoms with Crippen LogP contribution in [0.5, 0.6) is 0 Å². The number of benzene rings is 1. The van der Waals surface area contributed by atoms with Gasteiger partial charge in [0.2, 0.25) is 5.95 Å². The molecule has 0 aliphatic rings. The average molecular weight is 326 g/mol. The Bertz CT molecular complexity index is 748. The van der Waals surface area contributed by atoms with Gasteiger partial charge in [-0.25, -0.2) is 4.52 Å². The highest BCUT2D eigenvalue weighted by Gasteiger charge is 2.06. The highest BCUT2D eigenvalue weighted by Crippen LogP contribution is 2.22. The molecule has 128 valence electrons. The maximum Gasteiger partial charge on any atom is 0.240 e. The van der Waals surface area contributed by atoms with Gasteiger partial charge in [0.25, 0.3) is 0 Å². The largest absolute Gasteiger partial charge is 0.385 e. The number of fused-ring (bicyclic) bond motifs is 1. The third-order valence-electron chi connectivity index (χ3n) is 3.27. The molecule has 0 atom stereocenters. The molecule has 24 heavy (non-hydrogen) atoms. The van der Waals surface area contributed by atoms with Crippen molar-refractivity contribution in [3.8, 4) is 11.3 Å². The van der Waals surface area contributed by atoms with Gasteiger partial charge in [-0.3, -0.25) is 0 Å². The van der Waals surface area contributed by atoms with Crippen LogP contribution in [0.25, 0.3) is 16.9 Å². The molecule has 2 heterocycles. The lowest BCUT2D eigenvalue weighted by Gasteiger charge is -2.08. The lowest BCUT2D eigenvalue weighted by atomic mass is 10.1. The minimum atomic E-state index is 0.280.